The van der Waals surface area contributed by atoms with Crippen LogP contribution in [0, 0.1) is 0 Å². The third-order valence-electron chi connectivity index (χ3n) is 11.7. The molecule has 0 atom stereocenters. The van der Waals surface area contributed by atoms with Crippen LogP contribution in [0.4, 0.5) is 0 Å². The van der Waals surface area contributed by atoms with Crippen molar-refractivity contribution in [1.29, 1.82) is 0 Å². The van der Waals surface area contributed by atoms with Crippen molar-refractivity contribution in [2.75, 3.05) is 0 Å². The van der Waals surface area contributed by atoms with Gasteiger partial charge in [-0.1, -0.05) is 0 Å². The first-order valence-corrected chi connectivity index (χ1v) is 23.6. The molecule has 13 aromatic heterocycles. The van der Waals surface area contributed by atoms with E-state index < -0.39 is 0 Å². The van der Waals surface area contributed by atoms with Crippen LogP contribution in [-0.4, -0.2) is 114 Å². The Kier molecular flexibility index (Phi) is 14.5. The molecule has 0 fully saturated rings. The van der Waals surface area contributed by atoms with E-state index in [1.165, 1.54) is 0 Å². The number of rotatable bonds is 4. The summed E-state index contributed by atoms with van der Waals surface area (Å²) in [6.45, 7) is 0. The third-order valence-corrected chi connectivity index (χ3v) is 11.7. The van der Waals surface area contributed by atoms with Gasteiger partial charge in [0.15, 0.2) is 0 Å². The van der Waals surface area contributed by atoms with Crippen LogP contribution in [0.25, 0.3) is 98.5 Å². The molecule has 16 aromatic rings. The van der Waals surface area contributed by atoms with Gasteiger partial charge in [0.2, 0.25) is 0 Å². The van der Waals surface area contributed by atoms with E-state index in [1.807, 2.05) is 122 Å². The molecule has 366 valence electrons. The van der Waals surface area contributed by atoms with Crippen molar-refractivity contribution in [1.82, 2.24) is 98.6 Å². The number of benzene rings is 3. The predicted molar refractivity (Wildman–Crippen MR) is 292 cm³/mol. The largest absolute Gasteiger partial charge is 2.00 e. The minimum Gasteiger partial charge on any atom is -0.489 e. The molecule has 0 bridgehead atoms. The Balaban J connectivity index is 0.000000104. The van der Waals surface area contributed by atoms with E-state index in [0.717, 1.165) is 98.5 Å². The smallest absolute Gasteiger partial charge is 0.489 e. The van der Waals surface area contributed by atoms with Gasteiger partial charge in [0.05, 0.1) is 66.2 Å². The van der Waals surface area contributed by atoms with E-state index in [-0.39, 0.29) is 17.1 Å². The van der Waals surface area contributed by atoms with E-state index in [9.17, 15) is 0 Å². The second-order valence-electron chi connectivity index (χ2n) is 16.3. The van der Waals surface area contributed by atoms with Gasteiger partial charge in [-0.15, -0.1) is 0 Å². The fourth-order valence-corrected chi connectivity index (χ4v) is 8.55. The molecule has 23 heteroatoms. The standard InChI is InChI=1S/3C14H8N4.2C6H6BN4.Fe/c3*1-3-9-11(15-5-1)12-10(4-2-6-16-12)14-13(9)17-7-8-18-14;2*1-3-8-10(5-1)7-11-6-2-4-9-11;/h3*1-8H;2*1-6H;/q;;;2*-1;+2. The average molecular weight is 1040 g/mol. The summed E-state index contributed by atoms with van der Waals surface area (Å²) < 4.78 is 6.75. The van der Waals surface area contributed by atoms with Crippen LogP contribution >= 0.6 is 0 Å². The van der Waals surface area contributed by atoms with Gasteiger partial charge in [0.1, 0.15) is 0 Å². The second kappa shape index (κ2) is 22.8. The first-order chi connectivity index (χ1) is 37.7. The molecule has 0 saturated carbocycles. The Morgan fingerprint density at radius 3 is 0.532 bits per heavy atom. The number of pyridine rings is 6. The number of aromatic nitrogens is 20. The van der Waals surface area contributed by atoms with Gasteiger partial charge >= 0.3 is 17.1 Å². The van der Waals surface area contributed by atoms with Crippen molar-refractivity contribution in [2.24, 2.45) is 0 Å². The molecule has 0 aliphatic heterocycles. The summed E-state index contributed by atoms with van der Waals surface area (Å²) in [5, 5.41) is 21.9. The number of fused-ring (bicyclic) bond motifs is 18. The van der Waals surface area contributed by atoms with E-state index in [2.05, 4.69) is 80.2 Å². The van der Waals surface area contributed by atoms with E-state index in [1.54, 1.807) is 133 Å². The normalized spacial score (nSPS) is 10.9. The Morgan fingerprint density at radius 1 is 0.208 bits per heavy atom. The van der Waals surface area contributed by atoms with E-state index >= 15 is 0 Å². The molecule has 4 radical (unpaired) electrons. The van der Waals surface area contributed by atoms with Crippen molar-refractivity contribution in [3.63, 3.8) is 0 Å². The molecule has 3 aromatic carbocycles. The molecule has 16 rings (SSSR count). The van der Waals surface area contributed by atoms with E-state index in [4.69, 9.17) is 0 Å². The van der Waals surface area contributed by atoms with Gasteiger partial charge in [-0.25, -0.2) is 20.4 Å². The molecule has 0 unspecified atom stereocenters. The Labute approximate surface area is 448 Å². The third kappa shape index (κ3) is 10.3. The van der Waals surface area contributed by atoms with E-state index in [0.29, 0.717) is 0 Å². The van der Waals surface area contributed by atoms with Gasteiger partial charge in [-0.3, -0.25) is 59.8 Å². The van der Waals surface area contributed by atoms with Crippen LogP contribution in [-0.2, 0) is 17.1 Å². The molecule has 0 amide bonds. The Hall–Kier alpha value is -10.4. The van der Waals surface area contributed by atoms with Crippen molar-refractivity contribution in [2.45, 2.75) is 0 Å². The molecule has 77 heavy (non-hydrogen) atoms. The summed E-state index contributed by atoms with van der Waals surface area (Å²) in [4.78, 5) is 53.2. The molecule has 0 aliphatic carbocycles. The molecule has 13 heterocycles. The molecular weight excluding hydrogens is 1010 g/mol. The maximum Gasteiger partial charge on any atom is 2.00 e. The zero-order chi connectivity index (χ0) is 50.9. The predicted octanol–water partition coefficient (Wildman–Crippen LogP) is 8.20. The summed E-state index contributed by atoms with van der Waals surface area (Å²) >= 11 is 0. The summed E-state index contributed by atoms with van der Waals surface area (Å²) in [6, 6.07) is 30.9. The Morgan fingerprint density at radius 2 is 0.377 bits per heavy atom. The molecule has 20 nitrogen and oxygen atoms in total. The molecule has 0 aliphatic rings. The minimum absolute atomic E-state index is 0. The fraction of sp³-hybridized carbons (Fsp3) is 0. The van der Waals surface area contributed by atoms with Gasteiger partial charge in [0, 0.05) is 131 Å². The second-order valence-corrected chi connectivity index (χ2v) is 16.3. The average Bonchev–Trinajstić information content (AvgIpc) is 4.47. The topological polar surface area (TPSA) is 226 Å². The maximum absolute atomic E-state index is 4.43. The van der Waals surface area contributed by atoms with Crippen LogP contribution in [0.3, 0.4) is 0 Å². The van der Waals surface area contributed by atoms with Gasteiger partial charge < -0.3 is 18.4 Å². The maximum atomic E-state index is 4.43. The first kappa shape index (κ1) is 48.9. The molecule has 0 saturated heterocycles. The summed E-state index contributed by atoms with van der Waals surface area (Å²) in [5.74, 6) is 0. The van der Waals surface area contributed by atoms with Gasteiger partial charge in [-0.05, 0) is 137 Å². The summed E-state index contributed by atoms with van der Waals surface area (Å²) in [5.41, 5.74) is 10.5. The quantitative estimate of drug-likeness (QED) is 0.120. The molecule has 0 N–H and O–H groups in total. The summed E-state index contributed by atoms with van der Waals surface area (Å²) in [7, 11) is 3.56. The molecule has 0 spiro atoms. The van der Waals surface area contributed by atoms with Gasteiger partial charge in [0.25, 0.3) is 0 Å². The number of hydrogen-bond acceptors (Lipinski definition) is 16. The van der Waals surface area contributed by atoms with Crippen LogP contribution in [0.15, 0.2) is 221 Å². The van der Waals surface area contributed by atoms with Crippen LogP contribution in [0.1, 0.15) is 0 Å². The monoisotopic (exact) mass is 1040 g/mol. The van der Waals surface area contributed by atoms with Crippen molar-refractivity contribution >= 4 is 114 Å². The van der Waals surface area contributed by atoms with Crippen molar-refractivity contribution in [3.05, 3.63) is 221 Å². The molecular formula is C54H36B2FeN20. The first-order valence-electron chi connectivity index (χ1n) is 23.6. The van der Waals surface area contributed by atoms with Crippen LogP contribution in [0.2, 0.25) is 0 Å². The van der Waals surface area contributed by atoms with Gasteiger partial charge in [-0.2, -0.15) is 0 Å². The van der Waals surface area contributed by atoms with Crippen molar-refractivity contribution in [3.8, 4) is 0 Å². The summed E-state index contributed by atoms with van der Waals surface area (Å²) in [6.07, 6.45) is 35.2. The Bertz CT molecular complexity index is 3420. The van der Waals surface area contributed by atoms with Crippen molar-refractivity contribution < 1.29 is 17.1 Å². The van der Waals surface area contributed by atoms with Crippen LogP contribution in [0.5, 0.6) is 0 Å². The zero-order valence-electron chi connectivity index (χ0n) is 40.2. The number of hydrogen-bond donors (Lipinski definition) is 0. The minimum atomic E-state index is 0. The number of nitrogens with zero attached hydrogens (tertiary/aromatic N) is 20. The zero-order valence-corrected chi connectivity index (χ0v) is 41.3. The SMILES string of the molecule is [B-](n1cccn1)n1cccn1.[B-](n1cccn1)n1cccn1.[Fe+2].c1cnc2c(c1)c1nccnc1c1cccnc12.c1cnc2c(c1)c1nccnc1c1cccnc12.c1cnc2c(c1)c1nccnc1c1cccnc12. The van der Waals surface area contributed by atoms with Crippen LogP contribution < -0.4 is 0 Å². The fourth-order valence-electron chi connectivity index (χ4n) is 8.55.